The van der Waals surface area contributed by atoms with Gasteiger partial charge in [0.2, 0.25) is 0 Å². The first kappa shape index (κ1) is 62.0. The van der Waals surface area contributed by atoms with E-state index in [9.17, 15) is 0 Å². The standard InChI is InChI=1S/C11H14O.C10H12O.C7H12.C5H8.6CH4.CH3.2ClH.Ru/c1-4-10-7-5-6-8-11(10)12-9(2)3;1-8(2)11-10-7-5-4-6-9(10)3;1-3-5-7-6-4-2;1-2-4-5-3-1;;;;;;;;;;/h4-9H,1H2,2-3H3;3-8H,1-2H3;3-4H,1-2,5-7H2;1-2H,3-5H2;6*1H4;1H3;2*1H;/q;;;;;;;;;;-1;;;+2/p-2. The van der Waals surface area contributed by atoms with Crippen molar-refractivity contribution in [1.82, 2.24) is 0 Å². The van der Waals surface area contributed by atoms with Crippen LogP contribution in [0.25, 0.3) is 6.08 Å². The molecule has 0 unspecified atom stereocenters. The molecule has 0 fully saturated rings. The van der Waals surface area contributed by atoms with Gasteiger partial charge in [0.15, 0.2) is 0 Å². The summed E-state index contributed by atoms with van der Waals surface area (Å²) in [6.45, 7) is 18.9. The molecule has 0 atom stereocenters. The van der Waals surface area contributed by atoms with Gasteiger partial charge in [-0.25, -0.2) is 0 Å². The minimum atomic E-state index is -1.77. The summed E-state index contributed by atoms with van der Waals surface area (Å²) in [4.78, 5) is 0. The van der Waals surface area contributed by atoms with Gasteiger partial charge in [-0.15, -0.1) is 13.2 Å². The van der Waals surface area contributed by atoms with E-state index in [0.29, 0.717) is 0 Å². The fraction of sp³-hybridized carbons (Fsp3) is 0.450. The molecular weight excluding hydrogens is 684 g/mol. The number of hydrogen-bond donors (Lipinski definition) is 0. The first-order chi connectivity index (χ1) is 18.2. The molecule has 0 N–H and O–H groups in total. The van der Waals surface area contributed by atoms with Gasteiger partial charge in [0, 0.05) is 5.56 Å². The second kappa shape index (κ2) is 42.1. The molecule has 1 aliphatic rings. The molecule has 268 valence electrons. The predicted molar refractivity (Wildman–Crippen MR) is 215 cm³/mol. The molecule has 0 amide bonds. The second-order valence-corrected chi connectivity index (χ2v) is 14.6. The van der Waals surface area contributed by atoms with Crippen LogP contribution in [0.2, 0.25) is 0 Å². The topological polar surface area (TPSA) is 18.5 Å². The number of allylic oxidation sites excluding steroid dienone is 4. The van der Waals surface area contributed by atoms with Gasteiger partial charge in [-0.05, 0) is 58.4 Å². The maximum atomic E-state index is 5.82. The SMILES string of the molecule is C.C.C.C.C.C.C1=CCCC1.C=CCCCC=C.C=Cc1ccccc1OC(C)C.CC(C)Oc1ccccc1[CH]=[Ru]([Cl])[Cl].[CH3-]. The van der Waals surface area contributed by atoms with Crippen molar-refractivity contribution >= 4 is 30.1 Å². The smallest absolute Gasteiger partial charge is 0.358 e. The molecule has 1 aliphatic carbocycles. The Morgan fingerprint density at radius 2 is 1.07 bits per heavy atom. The maximum absolute atomic E-state index is 5.82. The molecule has 0 saturated heterocycles. The van der Waals surface area contributed by atoms with Crippen LogP contribution in [0.1, 0.15) is 122 Å². The van der Waals surface area contributed by atoms with E-state index in [0.717, 1.165) is 35.5 Å². The zero-order valence-corrected chi connectivity index (χ0v) is 27.8. The van der Waals surface area contributed by atoms with E-state index >= 15 is 0 Å². The molecule has 0 saturated carbocycles. The Morgan fingerprint density at radius 1 is 0.689 bits per heavy atom. The van der Waals surface area contributed by atoms with Crippen molar-refractivity contribution in [2.45, 2.75) is 123 Å². The van der Waals surface area contributed by atoms with Gasteiger partial charge >= 0.3 is 97.8 Å². The van der Waals surface area contributed by atoms with Crippen molar-refractivity contribution in [3.8, 4) is 11.5 Å². The van der Waals surface area contributed by atoms with Gasteiger partial charge in [-0.2, -0.15) is 0 Å². The third-order valence-electron chi connectivity index (χ3n) is 4.70. The molecule has 2 aromatic carbocycles. The van der Waals surface area contributed by atoms with Crippen LogP contribution in [0.3, 0.4) is 0 Å². The van der Waals surface area contributed by atoms with Crippen LogP contribution < -0.4 is 9.47 Å². The van der Waals surface area contributed by atoms with E-state index in [1.807, 2.05) is 93.0 Å². The maximum Gasteiger partial charge on any atom is -0.358 e. The molecule has 2 nitrogen and oxygen atoms in total. The van der Waals surface area contributed by atoms with E-state index in [-0.39, 0.29) is 64.2 Å². The van der Waals surface area contributed by atoms with Gasteiger partial charge in [0.1, 0.15) is 5.75 Å². The average molecular weight is 758 g/mol. The molecule has 0 bridgehead atoms. The number of unbranched alkanes of at least 4 members (excludes halogenated alkanes) is 2. The van der Waals surface area contributed by atoms with Crippen LogP contribution in [-0.4, -0.2) is 16.8 Å². The van der Waals surface area contributed by atoms with E-state index < -0.39 is 13.5 Å². The van der Waals surface area contributed by atoms with Crippen molar-refractivity contribution < 1.29 is 23.0 Å². The van der Waals surface area contributed by atoms with E-state index in [1.165, 1.54) is 25.7 Å². The summed E-state index contributed by atoms with van der Waals surface area (Å²) in [6, 6.07) is 15.7. The van der Waals surface area contributed by atoms with Gasteiger partial charge in [0.25, 0.3) is 0 Å². The summed E-state index contributed by atoms with van der Waals surface area (Å²) >= 11 is -1.77. The summed E-state index contributed by atoms with van der Waals surface area (Å²) in [6.07, 6.45) is 18.0. The minimum Gasteiger partial charge on any atom is -0.358 e. The van der Waals surface area contributed by atoms with Gasteiger partial charge in [-0.3, -0.25) is 0 Å². The van der Waals surface area contributed by atoms with Crippen LogP contribution in [0.15, 0.2) is 92.6 Å². The Kier molecular flexibility index (Phi) is 58.0. The van der Waals surface area contributed by atoms with Crippen LogP contribution in [0.4, 0.5) is 0 Å². The van der Waals surface area contributed by atoms with Crippen LogP contribution in [0.5, 0.6) is 11.5 Å². The van der Waals surface area contributed by atoms with Crippen molar-refractivity contribution in [2.75, 3.05) is 0 Å². The molecule has 0 spiro atoms. The molecule has 0 heterocycles. The van der Waals surface area contributed by atoms with Crippen LogP contribution >= 0.6 is 19.4 Å². The largest absolute Gasteiger partial charge is 0.358 e. The quantitative estimate of drug-likeness (QED) is 0.104. The number of benzene rings is 2. The average Bonchev–Trinajstić information content (AvgIpc) is 3.46. The monoisotopic (exact) mass is 757 g/mol. The van der Waals surface area contributed by atoms with Gasteiger partial charge in [-0.1, -0.05) is 99.7 Å². The summed E-state index contributed by atoms with van der Waals surface area (Å²) in [5, 5.41) is 0. The van der Waals surface area contributed by atoms with Gasteiger partial charge in [0.05, 0.1) is 6.10 Å². The van der Waals surface area contributed by atoms with Crippen molar-refractivity contribution in [1.29, 1.82) is 0 Å². The van der Waals surface area contributed by atoms with E-state index in [4.69, 9.17) is 28.9 Å². The Bertz CT molecular complexity index is 964. The second-order valence-electron chi connectivity index (χ2n) is 8.83. The van der Waals surface area contributed by atoms with Crippen molar-refractivity contribution in [3.63, 3.8) is 0 Å². The number of halogens is 2. The Hall–Kier alpha value is -1.93. The zero-order valence-electron chi connectivity index (χ0n) is 24.5. The summed E-state index contributed by atoms with van der Waals surface area (Å²) < 4.78 is 13.1. The molecule has 0 radical (unpaired) electrons. The normalized spacial score (nSPS) is 9.73. The number of para-hydroxylation sites is 2. The van der Waals surface area contributed by atoms with E-state index in [1.54, 1.807) is 6.08 Å². The van der Waals surface area contributed by atoms with Crippen LogP contribution in [0, 0.1) is 7.43 Å². The number of ether oxygens (including phenoxy) is 2. The molecule has 45 heavy (non-hydrogen) atoms. The molecule has 2 aromatic rings. The Balaban J connectivity index is -0.0000000677. The predicted octanol–water partition coefficient (Wildman–Crippen LogP) is 15.2. The first-order valence-corrected chi connectivity index (χ1v) is 18.6. The summed E-state index contributed by atoms with van der Waals surface area (Å²) in [7, 11) is 11.6. The van der Waals surface area contributed by atoms with Gasteiger partial charge < -0.3 is 12.2 Å². The molecular formula is C40H73Cl2O2Ru-. The fourth-order valence-corrected chi connectivity index (χ4v) is 4.82. The summed E-state index contributed by atoms with van der Waals surface area (Å²) in [5.41, 5.74) is 2.04. The van der Waals surface area contributed by atoms with Crippen molar-refractivity contribution in [3.05, 3.63) is 111 Å². The third-order valence-corrected chi connectivity index (χ3v) is 6.53. The zero-order chi connectivity index (χ0) is 28.6. The molecule has 0 aliphatic heterocycles. The Labute approximate surface area is 297 Å². The van der Waals surface area contributed by atoms with Crippen molar-refractivity contribution in [2.24, 2.45) is 0 Å². The number of rotatable bonds is 10. The van der Waals surface area contributed by atoms with Crippen LogP contribution in [-0.2, 0) is 13.5 Å². The fourth-order valence-electron chi connectivity index (χ4n) is 3.02. The molecule has 0 aromatic heterocycles. The number of hydrogen-bond acceptors (Lipinski definition) is 2. The van der Waals surface area contributed by atoms with E-state index in [2.05, 4.69) is 31.9 Å². The molecule has 5 heteroatoms. The minimum absolute atomic E-state index is 0. The third kappa shape index (κ3) is 36.4. The summed E-state index contributed by atoms with van der Waals surface area (Å²) in [5.74, 6) is 1.75. The molecule has 3 rings (SSSR count). The first-order valence-electron chi connectivity index (χ1n) is 13.1. The Morgan fingerprint density at radius 3 is 1.38 bits per heavy atom.